The number of nitrogens with zero attached hydrogens (tertiary/aromatic N) is 3. The molecule has 0 unspecified atom stereocenters. The van der Waals surface area contributed by atoms with Crippen molar-refractivity contribution in [1.29, 1.82) is 0 Å². The summed E-state index contributed by atoms with van der Waals surface area (Å²) in [6.07, 6.45) is 4.74. The highest BCUT2D eigenvalue weighted by atomic mass is 32.1. The highest BCUT2D eigenvalue weighted by Crippen LogP contribution is 2.28. The predicted octanol–water partition coefficient (Wildman–Crippen LogP) is 2.71. The average molecular weight is 339 g/mol. The van der Waals surface area contributed by atoms with Crippen molar-refractivity contribution < 1.29 is 4.74 Å². The van der Waals surface area contributed by atoms with Crippen LogP contribution in [0, 0.1) is 12.8 Å². The average Bonchev–Trinajstić information content (AvgIpc) is 3.27. The summed E-state index contributed by atoms with van der Waals surface area (Å²) in [5, 5.41) is 6.68. The van der Waals surface area contributed by atoms with Crippen LogP contribution in [0.4, 0.5) is 0 Å². The Bertz CT molecular complexity index is 485. The number of hydrogen-bond donors (Lipinski definition) is 1. The lowest BCUT2D eigenvalue weighted by Gasteiger charge is -2.22. The first-order valence-corrected chi connectivity index (χ1v) is 9.55. The van der Waals surface area contributed by atoms with E-state index in [1.165, 1.54) is 17.8 Å². The number of aromatic nitrogens is 1. The lowest BCUT2D eigenvalue weighted by Crippen LogP contribution is -2.40. The van der Waals surface area contributed by atoms with Gasteiger partial charge in [0.15, 0.2) is 5.96 Å². The lowest BCUT2D eigenvalue weighted by molar-refractivity contribution is 0.115. The molecule has 1 fully saturated rings. The second-order valence-electron chi connectivity index (χ2n) is 6.16. The summed E-state index contributed by atoms with van der Waals surface area (Å²) in [5.74, 6) is 1.80. The lowest BCUT2D eigenvalue weighted by atomic mass is 10.3. The van der Waals surface area contributed by atoms with Gasteiger partial charge < -0.3 is 15.0 Å². The molecule has 130 valence electrons. The van der Waals surface area contributed by atoms with Crippen molar-refractivity contribution >= 4 is 17.3 Å². The maximum absolute atomic E-state index is 5.71. The molecule has 1 heterocycles. The fourth-order valence-corrected chi connectivity index (χ4v) is 3.06. The van der Waals surface area contributed by atoms with Gasteiger partial charge in [-0.05, 0) is 39.0 Å². The molecule has 0 aromatic carbocycles. The van der Waals surface area contributed by atoms with E-state index in [1.54, 1.807) is 11.3 Å². The van der Waals surface area contributed by atoms with Gasteiger partial charge in [0.2, 0.25) is 0 Å². The molecular formula is C17H30N4OS. The summed E-state index contributed by atoms with van der Waals surface area (Å²) in [5.41, 5.74) is 1.12. The van der Waals surface area contributed by atoms with Crippen molar-refractivity contribution in [2.75, 3.05) is 39.9 Å². The molecule has 0 amide bonds. The van der Waals surface area contributed by atoms with Gasteiger partial charge in [-0.15, -0.1) is 11.3 Å². The first-order valence-electron chi connectivity index (χ1n) is 8.67. The maximum atomic E-state index is 5.71. The Hall–Kier alpha value is -1.14. The van der Waals surface area contributed by atoms with Crippen LogP contribution in [0.3, 0.4) is 0 Å². The Kier molecular flexibility index (Phi) is 7.82. The molecule has 0 saturated heterocycles. The Morgan fingerprint density at radius 3 is 3.00 bits per heavy atom. The quantitative estimate of drug-likeness (QED) is 0.405. The van der Waals surface area contributed by atoms with Crippen LogP contribution in [0.5, 0.6) is 0 Å². The Morgan fingerprint density at radius 1 is 1.52 bits per heavy atom. The third-order valence-corrected chi connectivity index (χ3v) is 4.82. The minimum absolute atomic E-state index is 0.774. The molecule has 6 heteroatoms. The molecule has 0 bridgehead atoms. The number of nitrogens with one attached hydrogen (secondary N) is 1. The van der Waals surface area contributed by atoms with Crippen molar-refractivity contribution in [1.82, 2.24) is 15.2 Å². The molecule has 1 aromatic heterocycles. The number of likely N-dealkylation sites (N-methyl/N-ethyl adjacent to an activating group) is 1. The van der Waals surface area contributed by atoms with Gasteiger partial charge in [0.1, 0.15) is 0 Å². The topological polar surface area (TPSA) is 49.8 Å². The zero-order valence-corrected chi connectivity index (χ0v) is 15.5. The predicted molar refractivity (Wildman–Crippen MR) is 97.3 cm³/mol. The van der Waals surface area contributed by atoms with E-state index < -0.39 is 0 Å². The van der Waals surface area contributed by atoms with Crippen LogP contribution in [0.15, 0.2) is 10.4 Å². The number of aliphatic imine (C=N–C) groups is 1. The highest BCUT2D eigenvalue weighted by Gasteiger charge is 2.21. The standard InChI is InChI=1S/C17H30N4OS/c1-4-18-17(21(3)10-11-22-12-15-7-8-15)19-9-5-6-16-20-14(2)13-23-16/h13,15H,4-12H2,1-3H3,(H,18,19). The summed E-state index contributed by atoms with van der Waals surface area (Å²) in [7, 11) is 2.08. The molecule has 0 atom stereocenters. The van der Waals surface area contributed by atoms with Crippen molar-refractivity contribution in [3.63, 3.8) is 0 Å². The van der Waals surface area contributed by atoms with Crippen molar-refractivity contribution in [2.24, 2.45) is 10.9 Å². The van der Waals surface area contributed by atoms with Crippen molar-refractivity contribution in [3.8, 4) is 0 Å². The van der Waals surface area contributed by atoms with Gasteiger partial charge in [0, 0.05) is 50.8 Å². The Labute approximate surface area is 144 Å². The molecule has 1 saturated carbocycles. The first kappa shape index (κ1) is 18.2. The molecule has 23 heavy (non-hydrogen) atoms. The van der Waals surface area contributed by atoms with Crippen LogP contribution in [-0.4, -0.2) is 55.7 Å². The van der Waals surface area contributed by atoms with E-state index in [9.17, 15) is 0 Å². The van der Waals surface area contributed by atoms with Crippen LogP contribution in [0.1, 0.15) is 36.9 Å². The fraction of sp³-hybridized carbons (Fsp3) is 0.765. The van der Waals surface area contributed by atoms with Gasteiger partial charge in [-0.1, -0.05) is 0 Å². The minimum atomic E-state index is 0.774. The third kappa shape index (κ3) is 7.31. The highest BCUT2D eigenvalue weighted by molar-refractivity contribution is 7.09. The summed E-state index contributed by atoms with van der Waals surface area (Å²) >= 11 is 1.74. The molecule has 5 nitrogen and oxygen atoms in total. The third-order valence-electron chi connectivity index (χ3n) is 3.79. The number of rotatable bonds is 10. The number of hydrogen-bond acceptors (Lipinski definition) is 4. The molecule has 1 aromatic rings. The van der Waals surface area contributed by atoms with Crippen LogP contribution in [0.2, 0.25) is 0 Å². The monoisotopic (exact) mass is 338 g/mol. The van der Waals surface area contributed by atoms with Crippen LogP contribution in [-0.2, 0) is 11.2 Å². The fourth-order valence-electron chi connectivity index (χ4n) is 2.24. The molecule has 0 spiro atoms. The zero-order chi connectivity index (χ0) is 16.5. The van der Waals surface area contributed by atoms with Gasteiger partial charge in [-0.3, -0.25) is 4.99 Å². The van der Waals surface area contributed by atoms with Gasteiger partial charge in [-0.25, -0.2) is 4.98 Å². The number of aryl methyl sites for hydroxylation is 2. The smallest absolute Gasteiger partial charge is 0.193 e. The Balaban J connectivity index is 1.66. The van der Waals surface area contributed by atoms with E-state index in [0.29, 0.717) is 0 Å². The van der Waals surface area contributed by atoms with Gasteiger partial charge in [0.05, 0.1) is 11.6 Å². The van der Waals surface area contributed by atoms with E-state index in [4.69, 9.17) is 9.73 Å². The van der Waals surface area contributed by atoms with E-state index in [0.717, 1.165) is 63.3 Å². The zero-order valence-electron chi connectivity index (χ0n) is 14.7. The van der Waals surface area contributed by atoms with Crippen molar-refractivity contribution in [3.05, 3.63) is 16.1 Å². The summed E-state index contributed by atoms with van der Waals surface area (Å²) in [6, 6.07) is 0. The van der Waals surface area contributed by atoms with Crippen LogP contribution < -0.4 is 5.32 Å². The number of ether oxygens (including phenoxy) is 1. The van der Waals surface area contributed by atoms with Gasteiger partial charge >= 0.3 is 0 Å². The molecule has 1 N–H and O–H groups in total. The van der Waals surface area contributed by atoms with E-state index in [1.807, 2.05) is 6.92 Å². The van der Waals surface area contributed by atoms with Crippen LogP contribution in [0.25, 0.3) is 0 Å². The van der Waals surface area contributed by atoms with Crippen molar-refractivity contribution in [2.45, 2.75) is 39.5 Å². The van der Waals surface area contributed by atoms with E-state index in [2.05, 4.69) is 34.6 Å². The largest absolute Gasteiger partial charge is 0.379 e. The summed E-state index contributed by atoms with van der Waals surface area (Å²) in [6.45, 7) is 8.44. The van der Waals surface area contributed by atoms with Crippen LogP contribution >= 0.6 is 11.3 Å². The van der Waals surface area contributed by atoms with E-state index in [-0.39, 0.29) is 0 Å². The second-order valence-corrected chi connectivity index (χ2v) is 7.10. The van der Waals surface area contributed by atoms with E-state index >= 15 is 0 Å². The summed E-state index contributed by atoms with van der Waals surface area (Å²) in [4.78, 5) is 11.4. The number of guanidine groups is 1. The summed E-state index contributed by atoms with van der Waals surface area (Å²) < 4.78 is 5.71. The minimum Gasteiger partial charge on any atom is -0.379 e. The maximum Gasteiger partial charge on any atom is 0.193 e. The molecule has 0 radical (unpaired) electrons. The SMILES string of the molecule is CCNC(=NCCCc1nc(C)cs1)N(C)CCOCC1CC1. The number of thiazole rings is 1. The molecular weight excluding hydrogens is 308 g/mol. The molecule has 1 aliphatic carbocycles. The molecule has 1 aliphatic rings. The van der Waals surface area contributed by atoms with Gasteiger partial charge in [-0.2, -0.15) is 0 Å². The Morgan fingerprint density at radius 2 is 2.35 bits per heavy atom. The van der Waals surface area contributed by atoms with Gasteiger partial charge in [0.25, 0.3) is 0 Å². The molecule has 2 rings (SSSR count). The normalized spacial score (nSPS) is 15.0. The first-order chi connectivity index (χ1) is 11.2. The second kappa shape index (κ2) is 9.88. The molecule has 0 aliphatic heterocycles.